The molecule has 0 aliphatic carbocycles. The van der Waals surface area contributed by atoms with Crippen molar-refractivity contribution in [1.82, 2.24) is 19.8 Å². The second-order valence-electron chi connectivity index (χ2n) is 6.86. The largest absolute Gasteiger partial charge is 0.438 e. The van der Waals surface area contributed by atoms with E-state index in [4.69, 9.17) is 27.9 Å². The summed E-state index contributed by atoms with van der Waals surface area (Å²) in [7, 11) is 0. The van der Waals surface area contributed by atoms with Crippen molar-refractivity contribution in [3.05, 3.63) is 28.0 Å². The minimum absolute atomic E-state index is 0.0110. The molecule has 0 radical (unpaired) electrons. The van der Waals surface area contributed by atoms with Gasteiger partial charge in [-0.3, -0.25) is 19.1 Å². The molecule has 1 amide bonds. The van der Waals surface area contributed by atoms with E-state index < -0.39 is 30.0 Å². The fourth-order valence-electron chi connectivity index (χ4n) is 3.70. The Hall–Kier alpha value is -1.88. The molecular formula is C17H15Cl2F3N4O3. The Kier molecular flexibility index (Phi) is 5.01. The molecule has 3 heterocycles. The molecule has 1 aromatic carbocycles. The van der Waals surface area contributed by atoms with Crippen molar-refractivity contribution in [2.75, 3.05) is 32.8 Å². The molecule has 1 aromatic heterocycles. The predicted molar refractivity (Wildman–Crippen MR) is 97.9 cm³/mol. The monoisotopic (exact) mass is 450 g/mol. The fraction of sp³-hybridized carbons (Fsp3) is 0.471. The standard InChI is InChI=1S/C17H15Cl2F3N4O3/c18-9-5-11-12(6-10(9)19)26-14(23-11)7-13(27)16(26,17(20,21)22)24-15(28)8-25-1-3-29-4-2-25/h5-6H,1-4,7-8H2,(H,24,28). The number of carbonyl (C=O) groups is 2. The van der Waals surface area contributed by atoms with Crippen LogP contribution in [0.5, 0.6) is 0 Å². The predicted octanol–water partition coefficient (Wildman–Crippen LogP) is 2.13. The van der Waals surface area contributed by atoms with E-state index in [2.05, 4.69) is 4.98 Å². The van der Waals surface area contributed by atoms with Gasteiger partial charge in [0.25, 0.3) is 5.66 Å². The number of hydrogen-bond donors (Lipinski definition) is 1. The van der Waals surface area contributed by atoms with Crippen molar-refractivity contribution in [2.45, 2.75) is 18.3 Å². The molecule has 1 N–H and O–H groups in total. The van der Waals surface area contributed by atoms with Gasteiger partial charge in [0.1, 0.15) is 5.82 Å². The van der Waals surface area contributed by atoms with Crippen LogP contribution in [0.3, 0.4) is 0 Å². The zero-order valence-electron chi connectivity index (χ0n) is 14.9. The van der Waals surface area contributed by atoms with Gasteiger partial charge in [0.15, 0.2) is 5.78 Å². The van der Waals surface area contributed by atoms with Crippen LogP contribution in [0.25, 0.3) is 11.0 Å². The highest BCUT2D eigenvalue weighted by atomic mass is 35.5. The van der Waals surface area contributed by atoms with Gasteiger partial charge in [0.2, 0.25) is 5.91 Å². The highest BCUT2D eigenvalue weighted by Gasteiger charge is 2.66. The number of rotatable bonds is 3. The van der Waals surface area contributed by atoms with Gasteiger partial charge in [0, 0.05) is 13.1 Å². The van der Waals surface area contributed by atoms with Crippen molar-refractivity contribution in [3.63, 3.8) is 0 Å². The van der Waals surface area contributed by atoms with Crippen LogP contribution in [0.2, 0.25) is 10.0 Å². The highest BCUT2D eigenvalue weighted by Crippen LogP contribution is 2.44. The van der Waals surface area contributed by atoms with Crippen LogP contribution in [0.4, 0.5) is 13.2 Å². The molecule has 12 heteroatoms. The lowest BCUT2D eigenvalue weighted by Crippen LogP contribution is -2.64. The molecule has 0 bridgehead atoms. The van der Waals surface area contributed by atoms with Crippen LogP contribution in [0, 0.1) is 0 Å². The molecule has 1 atom stereocenters. The van der Waals surface area contributed by atoms with Crippen LogP contribution in [-0.2, 0) is 26.4 Å². The Bertz CT molecular complexity index is 1000. The van der Waals surface area contributed by atoms with E-state index in [1.807, 2.05) is 5.32 Å². The highest BCUT2D eigenvalue weighted by molar-refractivity contribution is 6.42. The van der Waals surface area contributed by atoms with Crippen molar-refractivity contribution >= 4 is 45.9 Å². The summed E-state index contributed by atoms with van der Waals surface area (Å²) in [5, 5.41) is 2.08. The zero-order chi connectivity index (χ0) is 21.0. The summed E-state index contributed by atoms with van der Waals surface area (Å²) in [6, 6.07) is 2.54. The third-order valence-corrected chi connectivity index (χ3v) is 5.75. The van der Waals surface area contributed by atoms with E-state index in [1.165, 1.54) is 12.1 Å². The maximum Gasteiger partial charge on any atom is 0.438 e. The fourth-order valence-corrected chi connectivity index (χ4v) is 4.01. The topological polar surface area (TPSA) is 76.5 Å². The van der Waals surface area contributed by atoms with Crippen molar-refractivity contribution in [2.24, 2.45) is 0 Å². The number of amides is 1. The number of fused-ring (bicyclic) bond motifs is 3. The quantitative estimate of drug-likeness (QED) is 0.774. The number of ketones is 1. The Labute approximate surface area is 172 Å². The molecule has 1 unspecified atom stereocenters. The number of morpholine rings is 1. The first-order chi connectivity index (χ1) is 13.6. The first-order valence-electron chi connectivity index (χ1n) is 8.71. The van der Waals surface area contributed by atoms with Gasteiger partial charge >= 0.3 is 6.18 Å². The van der Waals surface area contributed by atoms with Gasteiger partial charge < -0.3 is 10.1 Å². The number of carbonyl (C=O) groups excluding carboxylic acids is 2. The number of hydrogen-bond acceptors (Lipinski definition) is 5. The average Bonchev–Trinajstić information content (AvgIpc) is 3.10. The third kappa shape index (κ3) is 3.27. The molecule has 1 saturated heterocycles. The summed E-state index contributed by atoms with van der Waals surface area (Å²) < 4.78 is 48.8. The lowest BCUT2D eigenvalue weighted by molar-refractivity contribution is -0.218. The Morgan fingerprint density at radius 3 is 2.55 bits per heavy atom. The van der Waals surface area contributed by atoms with Gasteiger partial charge in [-0.25, -0.2) is 4.98 Å². The smallest absolute Gasteiger partial charge is 0.379 e. The Morgan fingerprint density at radius 2 is 1.90 bits per heavy atom. The minimum Gasteiger partial charge on any atom is -0.379 e. The van der Waals surface area contributed by atoms with E-state index >= 15 is 0 Å². The maximum absolute atomic E-state index is 14.3. The van der Waals surface area contributed by atoms with E-state index in [1.54, 1.807) is 4.90 Å². The Morgan fingerprint density at radius 1 is 1.24 bits per heavy atom. The van der Waals surface area contributed by atoms with E-state index in [9.17, 15) is 22.8 Å². The van der Waals surface area contributed by atoms with Crippen molar-refractivity contribution < 1.29 is 27.5 Å². The van der Waals surface area contributed by atoms with E-state index in [0.717, 1.165) is 0 Å². The Balaban J connectivity index is 1.78. The number of nitrogens with one attached hydrogen (secondary N) is 1. The van der Waals surface area contributed by atoms with Crippen LogP contribution >= 0.6 is 23.2 Å². The molecule has 7 nitrogen and oxygen atoms in total. The SMILES string of the molecule is O=C(CN1CCOCC1)NC1(C(F)(F)F)C(=O)Cc2nc3cc(Cl)c(Cl)cc3n21. The average molecular weight is 451 g/mol. The first-order valence-corrected chi connectivity index (χ1v) is 9.47. The number of aromatic nitrogens is 2. The normalized spacial score (nSPS) is 22.9. The number of Topliss-reactive ketones (excluding diaryl/α,β-unsaturated/α-hetero) is 1. The number of halogens is 5. The van der Waals surface area contributed by atoms with Gasteiger partial charge in [-0.05, 0) is 12.1 Å². The van der Waals surface area contributed by atoms with Crippen molar-refractivity contribution in [3.8, 4) is 0 Å². The number of ether oxygens (including phenoxy) is 1. The molecule has 29 heavy (non-hydrogen) atoms. The lowest BCUT2D eigenvalue weighted by Gasteiger charge is -2.34. The summed E-state index contributed by atoms with van der Waals surface area (Å²) in [6.45, 7) is 1.29. The lowest BCUT2D eigenvalue weighted by atomic mass is 10.0. The number of alkyl halides is 3. The van der Waals surface area contributed by atoms with Crippen LogP contribution < -0.4 is 5.32 Å². The number of imidazole rings is 1. The third-order valence-electron chi connectivity index (χ3n) is 5.03. The summed E-state index contributed by atoms with van der Waals surface area (Å²) in [5.41, 5.74) is -3.14. The second-order valence-corrected chi connectivity index (χ2v) is 7.68. The molecule has 4 rings (SSSR count). The summed E-state index contributed by atoms with van der Waals surface area (Å²) in [6.07, 6.45) is -5.68. The molecule has 2 aromatic rings. The molecule has 0 spiro atoms. The van der Waals surface area contributed by atoms with E-state index in [-0.39, 0.29) is 33.4 Å². The minimum atomic E-state index is -5.10. The van der Waals surface area contributed by atoms with E-state index in [0.29, 0.717) is 30.9 Å². The summed E-state index contributed by atoms with van der Waals surface area (Å²) >= 11 is 11.9. The molecule has 2 aliphatic rings. The first kappa shape index (κ1) is 20.4. The van der Waals surface area contributed by atoms with Gasteiger partial charge in [-0.1, -0.05) is 23.2 Å². The van der Waals surface area contributed by atoms with Crippen LogP contribution in [0.1, 0.15) is 5.82 Å². The van der Waals surface area contributed by atoms with Gasteiger partial charge in [0.05, 0.1) is 47.3 Å². The molecular weight excluding hydrogens is 436 g/mol. The second kappa shape index (κ2) is 7.12. The molecule has 2 aliphatic heterocycles. The summed E-state index contributed by atoms with van der Waals surface area (Å²) in [5.74, 6) is -2.25. The van der Waals surface area contributed by atoms with Crippen molar-refractivity contribution in [1.29, 1.82) is 0 Å². The number of nitrogens with zero attached hydrogens (tertiary/aromatic N) is 3. The molecule has 1 fully saturated rings. The molecule has 0 saturated carbocycles. The maximum atomic E-state index is 14.3. The van der Waals surface area contributed by atoms with Gasteiger partial charge in [-0.2, -0.15) is 13.2 Å². The molecule has 156 valence electrons. The van der Waals surface area contributed by atoms with Crippen LogP contribution in [0.15, 0.2) is 12.1 Å². The van der Waals surface area contributed by atoms with Gasteiger partial charge in [-0.15, -0.1) is 0 Å². The summed E-state index contributed by atoms with van der Waals surface area (Å²) in [4.78, 5) is 30.9. The van der Waals surface area contributed by atoms with Crippen LogP contribution in [-0.4, -0.2) is 65.2 Å². The zero-order valence-corrected chi connectivity index (χ0v) is 16.4. The number of benzene rings is 1.